The van der Waals surface area contributed by atoms with Crippen LogP contribution in [-0.2, 0) is 13.6 Å². The van der Waals surface area contributed by atoms with Gasteiger partial charge in [0, 0.05) is 37.4 Å². The van der Waals surface area contributed by atoms with Crippen molar-refractivity contribution in [3.05, 3.63) is 18.0 Å². The van der Waals surface area contributed by atoms with Crippen molar-refractivity contribution in [3.8, 4) is 0 Å². The molecule has 0 bridgehead atoms. The van der Waals surface area contributed by atoms with Gasteiger partial charge < -0.3 is 5.73 Å². The van der Waals surface area contributed by atoms with Crippen LogP contribution in [0.1, 0.15) is 37.7 Å². The topological polar surface area (TPSA) is 47.1 Å². The van der Waals surface area contributed by atoms with E-state index in [-0.39, 0.29) is 0 Å². The van der Waals surface area contributed by atoms with Crippen molar-refractivity contribution in [3.63, 3.8) is 0 Å². The molecule has 2 unspecified atom stereocenters. The maximum atomic E-state index is 6.28. The largest absolute Gasteiger partial charge is 0.326 e. The van der Waals surface area contributed by atoms with Crippen LogP contribution in [0.15, 0.2) is 12.4 Å². The third-order valence-corrected chi connectivity index (χ3v) is 3.79. The molecular formula is C13H24N4. The van der Waals surface area contributed by atoms with Gasteiger partial charge in [0.1, 0.15) is 0 Å². The lowest BCUT2D eigenvalue weighted by Crippen LogP contribution is -2.44. The minimum absolute atomic E-state index is 0.333. The average molecular weight is 236 g/mol. The Morgan fingerprint density at radius 2 is 2.18 bits per heavy atom. The molecule has 0 spiro atoms. The summed E-state index contributed by atoms with van der Waals surface area (Å²) in [6.45, 7) is 0.951. The molecule has 4 nitrogen and oxygen atoms in total. The van der Waals surface area contributed by atoms with Crippen molar-refractivity contribution in [2.75, 3.05) is 7.05 Å². The van der Waals surface area contributed by atoms with E-state index in [4.69, 9.17) is 5.73 Å². The summed E-state index contributed by atoms with van der Waals surface area (Å²) in [6, 6.07) is 0.858. The molecule has 1 fully saturated rings. The van der Waals surface area contributed by atoms with Gasteiger partial charge in [0.25, 0.3) is 0 Å². The number of likely N-dealkylation sites (N-methyl/N-ethyl adjacent to an activating group) is 1. The monoisotopic (exact) mass is 236 g/mol. The molecule has 1 aliphatic carbocycles. The molecule has 1 aliphatic rings. The van der Waals surface area contributed by atoms with Crippen molar-refractivity contribution in [1.82, 2.24) is 14.7 Å². The van der Waals surface area contributed by atoms with Crippen molar-refractivity contribution in [2.45, 2.75) is 50.7 Å². The predicted octanol–water partition coefficient (Wildman–Crippen LogP) is 1.51. The van der Waals surface area contributed by atoms with E-state index in [2.05, 4.69) is 23.2 Å². The van der Waals surface area contributed by atoms with Crippen molar-refractivity contribution >= 4 is 0 Å². The Bertz CT molecular complexity index is 347. The molecule has 0 amide bonds. The summed E-state index contributed by atoms with van der Waals surface area (Å²) < 4.78 is 1.86. The number of aryl methyl sites for hydroxylation is 1. The highest BCUT2D eigenvalue weighted by atomic mass is 15.2. The van der Waals surface area contributed by atoms with Crippen LogP contribution in [0, 0.1) is 0 Å². The van der Waals surface area contributed by atoms with E-state index in [0.29, 0.717) is 12.1 Å². The lowest BCUT2D eigenvalue weighted by molar-refractivity contribution is 0.193. The summed E-state index contributed by atoms with van der Waals surface area (Å²) in [6.07, 6.45) is 10.4. The van der Waals surface area contributed by atoms with E-state index in [1.807, 2.05) is 17.9 Å². The smallest absolute Gasteiger partial charge is 0.0534 e. The quantitative estimate of drug-likeness (QED) is 0.809. The Labute approximate surface area is 104 Å². The van der Waals surface area contributed by atoms with E-state index in [1.165, 1.54) is 37.7 Å². The zero-order valence-electron chi connectivity index (χ0n) is 11.0. The standard InChI is InChI=1S/C13H24N4/c1-16(9-11-8-15-17(2)10-11)13-7-5-3-4-6-12(13)14/h8,10,12-13H,3-7,9,14H2,1-2H3. The van der Waals surface area contributed by atoms with Gasteiger partial charge in [-0.25, -0.2) is 0 Å². The molecule has 4 heteroatoms. The van der Waals surface area contributed by atoms with Gasteiger partial charge in [0.05, 0.1) is 6.20 Å². The number of hydrogen-bond donors (Lipinski definition) is 1. The van der Waals surface area contributed by atoms with E-state index < -0.39 is 0 Å². The van der Waals surface area contributed by atoms with E-state index >= 15 is 0 Å². The molecule has 17 heavy (non-hydrogen) atoms. The summed E-state index contributed by atoms with van der Waals surface area (Å²) in [5, 5.41) is 4.21. The molecule has 1 heterocycles. The Morgan fingerprint density at radius 3 is 2.88 bits per heavy atom. The van der Waals surface area contributed by atoms with E-state index in [1.54, 1.807) is 0 Å². The highest BCUT2D eigenvalue weighted by molar-refractivity contribution is 5.03. The molecule has 0 aromatic carbocycles. The summed E-state index contributed by atoms with van der Waals surface area (Å²) in [5.74, 6) is 0. The van der Waals surface area contributed by atoms with Gasteiger partial charge >= 0.3 is 0 Å². The molecule has 2 atom stereocenters. The van der Waals surface area contributed by atoms with Crippen molar-refractivity contribution in [2.24, 2.45) is 12.8 Å². The normalized spacial score (nSPS) is 26.1. The Hall–Kier alpha value is -0.870. The molecule has 0 saturated heterocycles. The number of rotatable bonds is 3. The predicted molar refractivity (Wildman–Crippen MR) is 69.5 cm³/mol. The fraction of sp³-hybridized carbons (Fsp3) is 0.769. The zero-order chi connectivity index (χ0) is 12.3. The van der Waals surface area contributed by atoms with E-state index in [0.717, 1.165) is 6.54 Å². The first kappa shape index (κ1) is 12.6. The summed E-state index contributed by atoms with van der Waals surface area (Å²) in [5.41, 5.74) is 7.55. The number of aromatic nitrogens is 2. The fourth-order valence-corrected chi connectivity index (χ4v) is 2.82. The lowest BCUT2D eigenvalue weighted by Gasteiger charge is -2.31. The van der Waals surface area contributed by atoms with Crippen LogP contribution in [-0.4, -0.2) is 33.8 Å². The minimum atomic E-state index is 0.333. The first-order valence-electron chi connectivity index (χ1n) is 6.60. The van der Waals surface area contributed by atoms with Gasteiger partial charge in [0.2, 0.25) is 0 Å². The Kier molecular flexibility index (Phi) is 4.18. The van der Waals surface area contributed by atoms with Gasteiger partial charge in [0.15, 0.2) is 0 Å². The summed E-state index contributed by atoms with van der Waals surface area (Å²) in [4.78, 5) is 2.40. The third kappa shape index (κ3) is 3.30. The lowest BCUT2D eigenvalue weighted by atomic mass is 10.0. The Morgan fingerprint density at radius 1 is 1.41 bits per heavy atom. The van der Waals surface area contributed by atoms with Crippen molar-refractivity contribution in [1.29, 1.82) is 0 Å². The van der Waals surface area contributed by atoms with Crippen LogP contribution in [0.25, 0.3) is 0 Å². The molecule has 1 aromatic heterocycles. The van der Waals surface area contributed by atoms with Gasteiger partial charge in [-0.3, -0.25) is 9.58 Å². The number of hydrogen-bond acceptors (Lipinski definition) is 3. The number of nitrogens with two attached hydrogens (primary N) is 1. The van der Waals surface area contributed by atoms with Crippen LogP contribution in [0.5, 0.6) is 0 Å². The molecule has 1 saturated carbocycles. The first-order chi connectivity index (χ1) is 8.16. The molecule has 1 aromatic rings. The van der Waals surface area contributed by atoms with Crippen LogP contribution in [0.2, 0.25) is 0 Å². The zero-order valence-corrected chi connectivity index (χ0v) is 11.0. The maximum absolute atomic E-state index is 6.28. The molecule has 0 aliphatic heterocycles. The highest BCUT2D eigenvalue weighted by Crippen LogP contribution is 2.21. The second-order valence-electron chi connectivity index (χ2n) is 5.31. The molecular weight excluding hydrogens is 212 g/mol. The minimum Gasteiger partial charge on any atom is -0.326 e. The SMILES string of the molecule is CN(Cc1cnn(C)c1)C1CCCCCC1N. The molecule has 2 N–H and O–H groups in total. The highest BCUT2D eigenvalue weighted by Gasteiger charge is 2.24. The molecule has 96 valence electrons. The van der Waals surface area contributed by atoms with Gasteiger partial charge in [-0.1, -0.05) is 19.3 Å². The van der Waals surface area contributed by atoms with Crippen molar-refractivity contribution < 1.29 is 0 Å². The number of nitrogens with zero attached hydrogens (tertiary/aromatic N) is 3. The molecule has 2 rings (SSSR count). The van der Waals surface area contributed by atoms with Crippen LogP contribution >= 0.6 is 0 Å². The van der Waals surface area contributed by atoms with Crippen LogP contribution in [0.4, 0.5) is 0 Å². The maximum Gasteiger partial charge on any atom is 0.0534 e. The van der Waals surface area contributed by atoms with Crippen LogP contribution < -0.4 is 5.73 Å². The van der Waals surface area contributed by atoms with Gasteiger partial charge in [-0.2, -0.15) is 5.10 Å². The first-order valence-corrected chi connectivity index (χ1v) is 6.60. The van der Waals surface area contributed by atoms with Gasteiger partial charge in [-0.15, -0.1) is 0 Å². The third-order valence-electron chi connectivity index (χ3n) is 3.79. The Balaban J connectivity index is 1.95. The van der Waals surface area contributed by atoms with Gasteiger partial charge in [-0.05, 0) is 19.9 Å². The summed E-state index contributed by atoms with van der Waals surface area (Å²) >= 11 is 0. The second-order valence-corrected chi connectivity index (χ2v) is 5.31. The van der Waals surface area contributed by atoms with Crippen LogP contribution in [0.3, 0.4) is 0 Å². The molecule has 0 radical (unpaired) electrons. The second kappa shape index (κ2) is 5.65. The van der Waals surface area contributed by atoms with E-state index in [9.17, 15) is 0 Å². The average Bonchev–Trinajstić information content (AvgIpc) is 2.57. The fourth-order valence-electron chi connectivity index (χ4n) is 2.82. The summed E-state index contributed by atoms with van der Waals surface area (Å²) in [7, 11) is 4.14.